The van der Waals surface area contributed by atoms with Crippen LogP contribution in [0.2, 0.25) is 0 Å². The molecule has 1 atom stereocenters. The summed E-state index contributed by atoms with van der Waals surface area (Å²) < 4.78 is 11.6. The van der Waals surface area contributed by atoms with Crippen LogP contribution >= 0.6 is 0 Å². The second-order valence-electron chi connectivity index (χ2n) is 6.18. The van der Waals surface area contributed by atoms with E-state index in [2.05, 4.69) is 43.4 Å². The molecular formula is C17H25NO2. The van der Waals surface area contributed by atoms with Crippen molar-refractivity contribution in [2.75, 3.05) is 13.2 Å². The number of ether oxygens (including phenoxy) is 2. The van der Waals surface area contributed by atoms with Gasteiger partial charge < -0.3 is 14.8 Å². The van der Waals surface area contributed by atoms with Crippen LogP contribution in [0.3, 0.4) is 0 Å². The molecule has 2 aliphatic rings. The van der Waals surface area contributed by atoms with Crippen LogP contribution in [0.4, 0.5) is 0 Å². The number of aryl methyl sites for hydroxylation is 1. The molecule has 1 aliphatic heterocycles. The van der Waals surface area contributed by atoms with Crippen molar-refractivity contribution in [2.24, 2.45) is 0 Å². The molecule has 3 rings (SSSR count). The van der Waals surface area contributed by atoms with Crippen LogP contribution in [0.5, 0.6) is 0 Å². The minimum absolute atomic E-state index is 0.245. The molecule has 0 unspecified atom stereocenters. The highest BCUT2D eigenvalue weighted by Gasteiger charge is 2.40. The molecule has 1 spiro atoms. The SMILES string of the molecule is Cc1cccc([C@@H](C)NC2CCC3(CC2)OCCO3)c1. The van der Waals surface area contributed by atoms with E-state index in [1.807, 2.05) is 0 Å². The molecule has 0 amide bonds. The van der Waals surface area contributed by atoms with Gasteiger partial charge in [-0.25, -0.2) is 0 Å². The van der Waals surface area contributed by atoms with Gasteiger partial charge in [0, 0.05) is 24.9 Å². The summed E-state index contributed by atoms with van der Waals surface area (Å²) >= 11 is 0. The Morgan fingerprint density at radius 1 is 1.20 bits per heavy atom. The first-order chi connectivity index (χ1) is 9.67. The van der Waals surface area contributed by atoms with Crippen LogP contribution in [0.15, 0.2) is 24.3 Å². The summed E-state index contributed by atoms with van der Waals surface area (Å²) in [6, 6.07) is 9.74. The van der Waals surface area contributed by atoms with Crippen molar-refractivity contribution in [2.45, 2.75) is 57.4 Å². The van der Waals surface area contributed by atoms with Gasteiger partial charge in [-0.3, -0.25) is 0 Å². The minimum atomic E-state index is -0.245. The van der Waals surface area contributed by atoms with E-state index >= 15 is 0 Å². The van der Waals surface area contributed by atoms with E-state index in [9.17, 15) is 0 Å². The third kappa shape index (κ3) is 3.05. The standard InChI is InChI=1S/C17H25NO2/c1-13-4-3-5-15(12-13)14(2)18-16-6-8-17(9-7-16)19-10-11-20-17/h3-5,12,14,16,18H,6-11H2,1-2H3/t14-/m1/s1. The van der Waals surface area contributed by atoms with E-state index in [-0.39, 0.29) is 5.79 Å². The zero-order valence-electron chi connectivity index (χ0n) is 12.5. The second-order valence-corrected chi connectivity index (χ2v) is 6.18. The number of hydrogen-bond donors (Lipinski definition) is 1. The molecule has 1 saturated heterocycles. The third-order valence-corrected chi connectivity index (χ3v) is 4.59. The largest absolute Gasteiger partial charge is 0.348 e. The van der Waals surface area contributed by atoms with Gasteiger partial charge in [0.05, 0.1) is 13.2 Å². The quantitative estimate of drug-likeness (QED) is 0.918. The molecule has 1 aliphatic carbocycles. The summed E-state index contributed by atoms with van der Waals surface area (Å²) in [6.45, 7) is 5.92. The van der Waals surface area contributed by atoms with Crippen molar-refractivity contribution >= 4 is 0 Å². The molecule has 20 heavy (non-hydrogen) atoms. The second kappa shape index (κ2) is 5.84. The number of benzene rings is 1. The van der Waals surface area contributed by atoms with Crippen molar-refractivity contribution < 1.29 is 9.47 Å². The van der Waals surface area contributed by atoms with Gasteiger partial charge in [-0.2, -0.15) is 0 Å². The molecule has 0 aromatic heterocycles. The normalized spacial score (nSPS) is 24.1. The van der Waals surface area contributed by atoms with Gasteiger partial charge in [-0.15, -0.1) is 0 Å². The van der Waals surface area contributed by atoms with Crippen molar-refractivity contribution in [3.63, 3.8) is 0 Å². The Labute approximate surface area is 121 Å². The highest BCUT2D eigenvalue weighted by atomic mass is 16.7. The van der Waals surface area contributed by atoms with Crippen molar-refractivity contribution in [3.8, 4) is 0 Å². The van der Waals surface area contributed by atoms with Crippen LogP contribution < -0.4 is 5.32 Å². The number of rotatable bonds is 3. The van der Waals surface area contributed by atoms with Gasteiger partial charge in [-0.05, 0) is 32.3 Å². The summed E-state index contributed by atoms with van der Waals surface area (Å²) in [4.78, 5) is 0. The predicted octanol–water partition coefficient (Wildman–Crippen LogP) is 3.33. The van der Waals surface area contributed by atoms with Crippen molar-refractivity contribution in [3.05, 3.63) is 35.4 Å². The zero-order valence-corrected chi connectivity index (χ0v) is 12.5. The van der Waals surface area contributed by atoms with E-state index in [0.29, 0.717) is 12.1 Å². The van der Waals surface area contributed by atoms with Crippen LogP contribution in [-0.4, -0.2) is 25.0 Å². The Morgan fingerprint density at radius 3 is 2.55 bits per heavy atom. The lowest BCUT2D eigenvalue weighted by Crippen LogP contribution is -2.42. The maximum Gasteiger partial charge on any atom is 0.168 e. The van der Waals surface area contributed by atoms with Gasteiger partial charge in [0.1, 0.15) is 0 Å². The van der Waals surface area contributed by atoms with Gasteiger partial charge in [0.15, 0.2) is 5.79 Å². The summed E-state index contributed by atoms with van der Waals surface area (Å²) in [7, 11) is 0. The van der Waals surface area contributed by atoms with Crippen LogP contribution in [0.1, 0.15) is 49.8 Å². The molecule has 3 heteroatoms. The predicted molar refractivity (Wildman–Crippen MR) is 79.6 cm³/mol. The third-order valence-electron chi connectivity index (χ3n) is 4.59. The van der Waals surface area contributed by atoms with Gasteiger partial charge >= 0.3 is 0 Å². The van der Waals surface area contributed by atoms with Crippen molar-refractivity contribution in [1.29, 1.82) is 0 Å². The van der Waals surface area contributed by atoms with Gasteiger partial charge in [-0.1, -0.05) is 29.8 Å². The molecule has 1 aromatic rings. The lowest BCUT2D eigenvalue weighted by atomic mass is 9.89. The molecule has 2 fully saturated rings. The summed E-state index contributed by atoms with van der Waals surface area (Å²) in [5.41, 5.74) is 2.70. The Hall–Kier alpha value is -0.900. The van der Waals surface area contributed by atoms with E-state index in [0.717, 1.165) is 38.9 Å². The average Bonchev–Trinajstić information content (AvgIpc) is 2.90. The van der Waals surface area contributed by atoms with Crippen LogP contribution in [0, 0.1) is 6.92 Å². The van der Waals surface area contributed by atoms with E-state index in [1.165, 1.54) is 11.1 Å². The Morgan fingerprint density at radius 2 is 1.90 bits per heavy atom. The average molecular weight is 275 g/mol. The van der Waals surface area contributed by atoms with E-state index in [1.54, 1.807) is 0 Å². The van der Waals surface area contributed by atoms with Gasteiger partial charge in [0.2, 0.25) is 0 Å². The minimum Gasteiger partial charge on any atom is -0.348 e. The summed E-state index contributed by atoms with van der Waals surface area (Å²) in [5.74, 6) is -0.245. The number of hydrogen-bond acceptors (Lipinski definition) is 3. The Kier molecular flexibility index (Phi) is 4.11. The molecule has 0 radical (unpaired) electrons. The monoisotopic (exact) mass is 275 g/mol. The highest BCUT2D eigenvalue weighted by molar-refractivity contribution is 5.24. The molecule has 1 saturated carbocycles. The maximum absolute atomic E-state index is 5.79. The smallest absolute Gasteiger partial charge is 0.168 e. The molecule has 110 valence electrons. The fraction of sp³-hybridized carbons (Fsp3) is 0.647. The van der Waals surface area contributed by atoms with Gasteiger partial charge in [0.25, 0.3) is 0 Å². The van der Waals surface area contributed by atoms with Crippen molar-refractivity contribution in [1.82, 2.24) is 5.32 Å². The topological polar surface area (TPSA) is 30.5 Å². The van der Waals surface area contributed by atoms with Crippen LogP contribution in [-0.2, 0) is 9.47 Å². The molecule has 0 bridgehead atoms. The fourth-order valence-electron chi connectivity index (χ4n) is 3.40. The first-order valence-electron chi connectivity index (χ1n) is 7.77. The number of nitrogens with one attached hydrogen (secondary N) is 1. The highest BCUT2D eigenvalue weighted by Crippen LogP contribution is 2.36. The molecule has 1 N–H and O–H groups in total. The molecule has 1 aromatic carbocycles. The zero-order chi connectivity index (χ0) is 14.0. The maximum atomic E-state index is 5.79. The Bertz CT molecular complexity index is 444. The summed E-state index contributed by atoms with van der Waals surface area (Å²) in [6.07, 6.45) is 4.31. The summed E-state index contributed by atoms with van der Waals surface area (Å²) in [5, 5.41) is 3.76. The lowest BCUT2D eigenvalue weighted by Gasteiger charge is -2.36. The van der Waals surface area contributed by atoms with E-state index < -0.39 is 0 Å². The molecule has 3 nitrogen and oxygen atoms in total. The lowest BCUT2D eigenvalue weighted by molar-refractivity contribution is -0.179. The first-order valence-corrected chi connectivity index (χ1v) is 7.77. The fourth-order valence-corrected chi connectivity index (χ4v) is 3.40. The molecule has 1 heterocycles. The van der Waals surface area contributed by atoms with Crippen LogP contribution in [0.25, 0.3) is 0 Å². The van der Waals surface area contributed by atoms with E-state index in [4.69, 9.17) is 9.47 Å². The Balaban J connectivity index is 1.54. The molecular weight excluding hydrogens is 250 g/mol. The first kappa shape index (κ1) is 14.1.